The van der Waals surface area contributed by atoms with Crippen LogP contribution < -0.4 is 0 Å². The molecule has 23 heavy (non-hydrogen) atoms. The van der Waals surface area contributed by atoms with Crippen molar-refractivity contribution in [1.82, 2.24) is 0 Å². The summed E-state index contributed by atoms with van der Waals surface area (Å²) in [6.07, 6.45) is -2.86. The van der Waals surface area contributed by atoms with Gasteiger partial charge in [0.25, 0.3) is 5.24 Å². The molecule has 0 heterocycles. The van der Waals surface area contributed by atoms with Gasteiger partial charge in [0.1, 0.15) is 0 Å². The largest absolute Gasteiger partial charge is 0.416 e. The van der Waals surface area contributed by atoms with Crippen LogP contribution in [0.3, 0.4) is 0 Å². The lowest BCUT2D eigenvalue weighted by molar-refractivity contribution is -0.138. The van der Waals surface area contributed by atoms with Gasteiger partial charge in [-0.1, -0.05) is 25.8 Å². The van der Waals surface area contributed by atoms with Gasteiger partial charge in [-0.3, -0.25) is 4.79 Å². The Bertz CT molecular complexity index is 652. The second-order valence-electron chi connectivity index (χ2n) is 5.63. The second-order valence-corrected chi connectivity index (χ2v) is 7.25. The minimum atomic E-state index is -4.74. The van der Waals surface area contributed by atoms with E-state index in [4.69, 9.17) is 11.6 Å². The molecule has 0 aromatic heterocycles. The Labute approximate surface area is 139 Å². The molecule has 0 aliphatic heterocycles. The van der Waals surface area contributed by atoms with Crippen molar-refractivity contribution in [3.63, 3.8) is 0 Å². The smallest absolute Gasteiger partial charge is 0.305 e. The Morgan fingerprint density at radius 3 is 2.30 bits per heavy atom. The van der Waals surface area contributed by atoms with E-state index in [1.165, 1.54) is 6.07 Å². The molecule has 0 bridgehead atoms. The average molecular weight is 369 g/mol. The first-order valence-electron chi connectivity index (χ1n) is 7.19. The van der Waals surface area contributed by atoms with E-state index in [0.717, 1.165) is 6.07 Å². The van der Waals surface area contributed by atoms with E-state index in [0.29, 0.717) is 24.8 Å². The topological polar surface area (TPSA) is 54.4 Å². The van der Waals surface area contributed by atoms with Crippen LogP contribution in [0.15, 0.2) is 12.1 Å². The Morgan fingerprint density at radius 1 is 1.35 bits per heavy atom. The van der Waals surface area contributed by atoms with Crippen LogP contribution in [0.1, 0.15) is 59.7 Å². The minimum Gasteiger partial charge on any atom is -0.305 e. The van der Waals surface area contributed by atoms with E-state index >= 15 is 0 Å². The Hall–Kier alpha value is -0.920. The standard InChI is InChI=1S/C15H16ClF3O3S/c1-2-9-7-11(14(23(21)22)5-3-4-6-14)12(15(17,18)19)8-10(9)13(16)20/h7-8H,2-6H2,1H3,(H,21,22). The van der Waals surface area contributed by atoms with E-state index < -0.39 is 32.8 Å². The zero-order valence-corrected chi connectivity index (χ0v) is 13.9. The molecule has 1 aromatic carbocycles. The van der Waals surface area contributed by atoms with Gasteiger partial charge in [0.05, 0.1) is 10.3 Å². The molecule has 0 saturated heterocycles. The molecule has 1 aliphatic carbocycles. The molecule has 0 spiro atoms. The van der Waals surface area contributed by atoms with Gasteiger partial charge in [0.15, 0.2) is 11.1 Å². The maximum Gasteiger partial charge on any atom is 0.416 e. The minimum absolute atomic E-state index is 0.205. The molecule has 8 heteroatoms. The van der Waals surface area contributed by atoms with E-state index in [1.54, 1.807) is 6.92 Å². The van der Waals surface area contributed by atoms with Gasteiger partial charge in [-0.15, -0.1) is 0 Å². The van der Waals surface area contributed by atoms with E-state index in [9.17, 15) is 26.7 Å². The van der Waals surface area contributed by atoms with Gasteiger partial charge in [-0.25, -0.2) is 4.21 Å². The highest BCUT2D eigenvalue weighted by atomic mass is 35.5. The molecule has 1 atom stereocenters. The fraction of sp³-hybridized carbons (Fsp3) is 0.533. The molecular formula is C15H16ClF3O3S. The van der Waals surface area contributed by atoms with Crippen LogP contribution in [0.2, 0.25) is 0 Å². The van der Waals surface area contributed by atoms with Gasteiger partial charge in [0, 0.05) is 5.56 Å². The van der Waals surface area contributed by atoms with Crippen molar-refractivity contribution in [2.24, 2.45) is 0 Å². The van der Waals surface area contributed by atoms with Crippen LogP contribution in [-0.2, 0) is 28.4 Å². The van der Waals surface area contributed by atoms with E-state index in [-0.39, 0.29) is 24.0 Å². The number of benzene rings is 1. The molecular weight excluding hydrogens is 353 g/mol. The number of carbonyl (C=O) groups excluding carboxylic acids is 1. The third kappa shape index (κ3) is 3.32. The first-order valence-corrected chi connectivity index (χ1v) is 8.67. The lowest BCUT2D eigenvalue weighted by Gasteiger charge is -2.29. The monoisotopic (exact) mass is 368 g/mol. The molecule has 1 fully saturated rings. The van der Waals surface area contributed by atoms with Crippen LogP contribution in [0.5, 0.6) is 0 Å². The number of hydrogen-bond acceptors (Lipinski definition) is 2. The number of halogens is 4. The molecule has 3 nitrogen and oxygen atoms in total. The first-order chi connectivity index (χ1) is 10.6. The lowest BCUT2D eigenvalue weighted by atomic mass is 9.87. The number of rotatable bonds is 4. The fourth-order valence-electron chi connectivity index (χ4n) is 3.22. The number of alkyl halides is 3. The number of aryl methyl sites for hydroxylation is 1. The molecule has 1 saturated carbocycles. The summed E-state index contributed by atoms with van der Waals surface area (Å²) in [5, 5.41) is -0.968. The van der Waals surface area contributed by atoms with E-state index in [2.05, 4.69) is 0 Å². The SMILES string of the molecule is CCc1cc(C2(S(=O)O)CCCC2)c(C(F)(F)F)cc1C(=O)Cl. The molecule has 0 radical (unpaired) electrons. The van der Waals surface area contributed by atoms with Crippen molar-refractivity contribution in [3.05, 3.63) is 34.4 Å². The summed E-state index contributed by atoms with van der Waals surface area (Å²) in [6.45, 7) is 1.69. The number of carbonyl (C=O) groups is 1. The molecule has 128 valence electrons. The zero-order valence-electron chi connectivity index (χ0n) is 12.4. The fourth-order valence-corrected chi connectivity index (χ4v) is 4.39. The first kappa shape index (κ1) is 18.4. The van der Waals surface area contributed by atoms with Crippen LogP contribution in [-0.4, -0.2) is 14.0 Å². The lowest BCUT2D eigenvalue weighted by Crippen LogP contribution is -2.31. The van der Waals surface area contributed by atoms with E-state index in [1.807, 2.05) is 0 Å². The molecule has 1 N–H and O–H groups in total. The summed E-state index contributed by atoms with van der Waals surface area (Å²) in [6, 6.07) is 1.95. The maximum atomic E-state index is 13.5. The summed E-state index contributed by atoms with van der Waals surface area (Å²) in [5.74, 6) is 0. The second kappa shape index (κ2) is 6.53. The Morgan fingerprint density at radius 2 is 1.91 bits per heavy atom. The molecule has 0 amide bonds. The molecule has 1 unspecified atom stereocenters. The number of hydrogen-bond donors (Lipinski definition) is 1. The summed E-state index contributed by atoms with van der Waals surface area (Å²) in [5.41, 5.74) is -1.11. The van der Waals surface area contributed by atoms with Crippen LogP contribution in [0.25, 0.3) is 0 Å². The van der Waals surface area contributed by atoms with Gasteiger partial charge < -0.3 is 4.55 Å². The van der Waals surface area contributed by atoms with Gasteiger partial charge in [-0.05, 0) is 48.1 Å². The van der Waals surface area contributed by atoms with Gasteiger partial charge >= 0.3 is 6.18 Å². The third-order valence-corrected chi connectivity index (χ3v) is 5.88. The average Bonchev–Trinajstić information content (AvgIpc) is 2.95. The van der Waals surface area contributed by atoms with Crippen LogP contribution in [0, 0.1) is 0 Å². The van der Waals surface area contributed by atoms with Crippen molar-refractivity contribution in [2.45, 2.75) is 50.0 Å². The molecule has 2 rings (SSSR count). The van der Waals surface area contributed by atoms with Gasteiger partial charge in [-0.2, -0.15) is 13.2 Å². The summed E-state index contributed by atoms with van der Waals surface area (Å²) in [7, 11) is 0. The van der Waals surface area contributed by atoms with Crippen molar-refractivity contribution >= 4 is 27.9 Å². The third-order valence-electron chi connectivity index (χ3n) is 4.38. The highest BCUT2D eigenvalue weighted by molar-refractivity contribution is 7.80. The van der Waals surface area contributed by atoms with Crippen molar-refractivity contribution in [3.8, 4) is 0 Å². The van der Waals surface area contributed by atoms with Crippen molar-refractivity contribution in [2.75, 3.05) is 0 Å². The normalized spacial score (nSPS) is 18.9. The maximum absolute atomic E-state index is 13.5. The Kier molecular flexibility index (Phi) is 5.23. The highest BCUT2D eigenvalue weighted by Crippen LogP contribution is 2.48. The van der Waals surface area contributed by atoms with Crippen molar-refractivity contribution < 1.29 is 26.7 Å². The predicted molar refractivity (Wildman–Crippen MR) is 81.9 cm³/mol. The summed E-state index contributed by atoms with van der Waals surface area (Å²) < 4.78 is 60.6. The molecule has 1 aliphatic rings. The quantitative estimate of drug-likeness (QED) is 0.622. The summed E-state index contributed by atoms with van der Waals surface area (Å²) in [4.78, 5) is 11.4. The predicted octanol–water partition coefficient (Wildman–Crippen LogP) is 4.64. The summed E-state index contributed by atoms with van der Waals surface area (Å²) >= 11 is 2.96. The van der Waals surface area contributed by atoms with Gasteiger partial charge in [0.2, 0.25) is 0 Å². The van der Waals surface area contributed by atoms with Crippen LogP contribution >= 0.6 is 11.6 Å². The van der Waals surface area contributed by atoms with Crippen LogP contribution in [0.4, 0.5) is 13.2 Å². The molecule has 1 aromatic rings. The highest BCUT2D eigenvalue weighted by Gasteiger charge is 2.47. The zero-order chi connectivity index (χ0) is 17.4. The van der Waals surface area contributed by atoms with Crippen molar-refractivity contribution in [1.29, 1.82) is 0 Å². The Balaban J connectivity index is 2.80.